The molecule has 2 aromatic rings. The van der Waals surface area contributed by atoms with Crippen LogP contribution in [0.4, 0.5) is 8.78 Å². The largest absolute Gasteiger partial charge is 0.497 e. The SMILES string of the molecule is COc1ccc(CN(C)CC(O)c2ccc(F)cc2F)c(OC)c1. The number of benzene rings is 2. The summed E-state index contributed by atoms with van der Waals surface area (Å²) < 4.78 is 37.2. The molecule has 0 saturated carbocycles. The molecule has 0 aliphatic carbocycles. The molecule has 0 fully saturated rings. The molecule has 1 unspecified atom stereocenters. The van der Waals surface area contributed by atoms with Gasteiger partial charge in [0, 0.05) is 36.3 Å². The lowest BCUT2D eigenvalue weighted by molar-refractivity contribution is 0.120. The van der Waals surface area contributed by atoms with Crippen LogP contribution in [0.2, 0.25) is 0 Å². The minimum absolute atomic E-state index is 0.0740. The van der Waals surface area contributed by atoms with E-state index in [1.807, 2.05) is 17.0 Å². The summed E-state index contributed by atoms with van der Waals surface area (Å²) in [5, 5.41) is 10.2. The predicted octanol–water partition coefficient (Wildman–Crippen LogP) is 3.15. The van der Waals surface area contributed by atoms with Crippen LogP contribution in [0.25, 0.3) is 0 Å². The highest BCUT2D eigenvalue weighted by Gasteiger charge is 2.17. The van der Waals surface area contributed by atoms with Crippen molar-refractivity contribution in [2.45, 2.75) is 12.6 Å². The fourth-order valence-electron chi connectivity index (χ4n) is 2.50. The molecule has 1 N–H and O–H groups in total. The van der Waals surface area contributed by atoms with Gasteiger partial charge >= 0.3 is 0 Å². The minimum atomic E-state index is -1.06. The fraction of sp³-hybridized carbons (Fsp3) is 0.333. The molecule has 0 amide bonds. The molecular weight excluding hydrogens is 316 g/mol. The zero-order valence-corrected chi connectivity index (χ0v) is 13.9. The first kappa shape index (κ1) is 18.2. The predicted molar refractivity (Wildman–Crippen MR) is 87.2 cm³/mol. The first-order valence-electron chi connectivity index (χ1n) is 7.47. The molecule has 4 nitrogen and oxygen atoms in total. The summed E-state index contributed by atoms with van der Waals surface area (Å²) in [5.41, 5.74) is 0.984. The van der Waals surface area contributed by atoms with E-state index in [2.05, 4.69) is 0 Å². The maximum atomic E-state index is 13.7. The van der Waals surface area contributed by atoms with Gasteiger partial charge in [-0.1, -0.05) is 12.1 Å². The van der Waals surface area contributed by atoms with Crippen LogP contribution < -0.4 is 9.47 Å². The summed E-state index contributed by atoms with van der Waals surface area (Å²) in [5.74, 6) is -0.0620. The van der Waals surface area contributed by atoms with Crippen LogP contribution in [0.1, 0.15) is 17.2 Å². The number of hydrogen-bond acceptors (Lipinski definition) is 4. The highest BCUT2D eigenvalue weighted by Crippen LogP contribution is 2.26. The number of aliphatic hydroxyl groups is 1. The Morgan fingerprint density at radius 1 is 1.08 bits per heavy atom. The lowest BCUT2D eigenvalue weighted by atomic mass is 10.1. The van der Waals surface area contributed by atoms with Crippen molar-refractivity contribution in [1.29, 1.82) is 0 Å². The molecule has 0 heterocycles. The van der Waals surface area contributed by atoms with E-state index in [9.17, 15) is 13.9 Å². The average molecular weight is 337 g/mol. The van der Waals surface area contributed by atoms with Gasteiger partial charge in [-0.2, -0.15) is 0 Å². The Morgan fingerprint density at radius 3 is 2.46 bits per heavy atom. The third kappa shape index (κ3) is 4.43. The van der Waals surface area contributed by atoms with Crippen molar-refractivity contribution >= 4 is 0 Å². The molecule has 2 rings (SSSR count). The fourth-order valence-corrected chi connectivity index (χ4v) is 2.50. The van der Waals surface area contributed by atoms with Crippen molar-refractivity contribution in [3.8, 4) is 11.5 Å². The van der Waals surface area contributed by atoms with Crippen molar-refractivity contribution in [2.24, 2.45) is 0 Å². The lowest BCUT2D eigenvalue weighted by Gasteiger charge is -2.22. The van der Waals surface area contributed by atoms with Crippen LogP contribution in [0.5, 0.6) is 11.5 Å². The van der Waals surface area contributed by atoms with Gasteiger partial charge in [-0.25, -0.2) is 8.78 Å². The number of nitrogens with zero attached hydrogens (tertiary/aromatic N) is 1. The topological polar surface area (TPSA) is 41.9 Å². The smallest absolute Gasteiger partial charge is 0.131 e. The molecule has 1 atom stereocenters. The third-order valence-corrected chi connectivity index (χ3v) is 3.74. The Kier molecular flexibility index (Phi) is 6.11. The monoisotopic (exact) mass is 337 g/mol. The summed E-state index contributed by atoms with van der Waals surface area (Å²) in [6, 6.07) is 8.64. The van der Waals surface area contributed by atoms with E-state index in [0.717, 1.165) is 17.7 Å². The van der Waals surface area contributed by atoms with Crippen molar-refractivity contribution in [2.75, 3.05) is 27.8 Å². The molecule has 2 aromatic carbocycles. The summed E-state index contributed by atoms with van der Waals surface area (Å²) in [4.78, 5) is 1.83. The molecule has 0 aliphatic rings. The number of methoxy groups -OCH3 is 2. The second-order valence-corrected chi connectivity index (χ2v) is 5.56. The maximum Gasteiger partial charge on any atom is 0.131 e. The van der Waals surface area contributed by atoms with Gasteiger partial charge in [0.1, 0.15) is 23.1 Å². The van der Waals surface area contributed by atoms with Crippen molar-refractivity contribution in [1.82, 2.24) is 4.90 Å². The van der Waals surface area contributed by atoms with Crippen LogP contribution in [0, 0.1) is 11.6 Å². The quantitative estimate of drug-likeness (QED) is 0.843. The van der Waals surface area contributed by atoms with Gasteiger partial charge in [0.15, 0.2) is 0 Å². The van der Waals surface area contributed by atoms with E-state index in [0.29, 0.717) is 18.0 Å². The Morgan fingerprint density at radius 2 is 1.83 bits per heavy atom. The van der Waals surface area contributed by atoms with Gasteiger partial charge in [0.2, 0.25) is 0 Å². The second kappa shape index (κ2) is 8.08. The van der Waals surface area contributed by atoms with Crippen LogP contribution >= 0.6 is 0 Å². The number of aliphatic hydroxyl groups excluding tert-OH is 1. The van der Waals surface area contributed by atoms with E-state index < -0.39 is 17.7 Å². The van der Waals surface area contributed by atoms with Crippen molar-refractivity contribution in [3.05, 3.63) is 59.2 Å². The molecule has 0 radical (unpaired) electrons. The number of likely N-dealkylation sites (N-methyl/N-ethyl adjacent to an activating group) is 1. The summed E-state index contributed by atoms with van der Waals surface area (Å²) in [6.07, 6.45) is -1.06. The molecule has 130 valence electrons. The van der Waals surface area contributed by atoms with Crippen LogP contribution in [-0.4, -0.2) is 37.8 Å². The van der Waals surface area contributed by atoms with Gasteiger partial charge in [-0.05, 0) is 19.2 Å². The highest BCUT2D eigenvalue weighted by atomic mass is 19.1. The molecule has 0 aromatic heterocycles. The zero-order chi connectivity index (χ0) is 17.7. The molecule has 0 saturated heterocycles. The van der Waals surface area contributed by atoms with E-state index in [1.165, 1.54) is 6.07 Å². The van der Waals surface area contributed by atoms with E-state index in [1.54, 1.807) is 27.3 Å². The Labute approximate surface area is 140 Å². The molecule has 0 spiro atoms. The lowest BCUT2D eigenvalue weighted by Crippen LogP contribution is -2.25. The number of ether oxygens (including phenoxy) is 2. The standard InChI is InChI=1S/C18H21F2NO3/c1-21(10-12-4-6-14(23-2)9-18(12)24-3)11-17(22)15-7-5-13(19)8-16(15)20/h4-9,17,22H,10-11H2,1-3H3. The van der Waals surface area contributed by atoms with Gasteiger partial charge in [-0.15, -0.1) is 0 Å². The van der Waals surface area contributed by atoms with Crippen LogP contribution in [0.3, 0.4) is 0 Å². The second-order valence-electron chi connectivity index (χ2n) is 5.56. The van der Waals surface area contributed by atoms with Gasteiger partial charge in [0.05, 0.1) is 20.3 Å². The average Bonchev–Trinajstić information content (AvgIpc) is 2.54. The Balaban J connectivity index is 2.06. The van der Waals surface area contributed by atoms with Crippen LogP contribution in [-0.2, 0) is 6.54 Å². The Hall–Kier alpha value is -2.18. The number of halogens is 2. The van der Waals surface area contributed by atoms with Gasteiger partial charge in [0.25, 0.3) is 0 Å². The molecule has 6 heteroatoms. The molecule has 0 aliphatic heterocycles. The summed E-state index contributed by atoms with van der Waals surface area (Å²) >= 11 is 0. The van der Waals surface area contributed by atoms with Crippen LogP contribution in [0.15, 0.2) is 36.4 Å². The highest BCUT2D eigenvalue weighted by molar-refractivity contribution is 5.40. The van der Waals surface area contributed by atoms with Crippen molar-refractivity contribution < 1.29 is 23.4 Å². The zero-order valence-electron chi connectivity index (χ0n) is 13.9. The van der Waals surface area contributed by atoms with E-state index >= 15 is 0 Å². The summed E-state index contributed by atoms with van der Waals surface area (Å²) in [6.45, 7) is 0.685. The first-order valence-corrected chi connectivity index (χ1v) is 7.47. The summed E-state index contributed by atoms with van der Waals surface area (Å²) in [7, 11) is 4.95. The maximum absolute atomic E-state index is 13.7. The normalized spacial score (nSPS) is 12.3. The molecule has 24 heavy (non-hydrogen) atoms. The van der Waals surface area contributed by atoms with Gasteiger partial charge in [-0.3, -0.25) is 4.90 Å². The number of rotatable bonds is 7. The molecular formula is C18H21F2NO3. The molecule has 0 bridgehead atoms. The Bertz CT molecular complexity index is 694. The third-order valence-electron chi connectivity index (χ3n) is 3.74. The minimum Gasteiger partial charge on any atom is -0.497 e. The first-order chi connectivity index (χ1) is 11.4. The van der Waals surface area contributed by atoms with E-state index in [-0.39, 0.29) is 12.1 Å². The van der Waals surface area contributed by atoms with Crippen molar-refractivity contribution in [3.63, 3.8) is 0 Å². The van der Waals surface area contributed by atoms with E-state index in [4.69, 9.17) is 9.47 Å². The van der Waals surface area contributed by atoms with Gasteiger partial charge < -0.3 is 14.6 Å². The number of hydrogen-bond donors (Lipinski definition) is 1.